The number of thioether (sulfide) groups is 1. The van der Waals surface area contributed by atoms with Crippen molar-refractivity contribution in [2.45, 2.75) is 32.2 Å². The van der Waals surface area contributed by atoms with Crippen LogP contribution in [0.15, 0.2) is 57.0 Å². The van der Waals surface area contributed by atoms with Gasteiger partial charge in [-0.25, -0.2) is 0 Å². The van der Waals surface area contributed by atoms with Crippen molar-refractivity contribution in [2.24, 2.45) is 0 Å². The lowest BCUT2D eigenvalue weighted by atomic mass is 10.0. The number of allylic oxidation sites excluding steroid dienone is 2. The van der Waals surface area contributed by atoms with Gasteiger partial charge in [0.05, 0.1) is 17.7 Å². The molecule has 2 aromatic heterocycles. The van der Waals surface area contributed by atoms with E-state index < -0.39 is 11.1 Å². The van der Waals surface area contributed by atoms with E-state index in [9.17, 15) is 14.4 Å². The number of amides is 3. The van der Waals surface area contributed by atoms with Crippen LogP contribution in [0.25, 0.3) is 6.08 Å². The van der Waals surface area contributed by atoms with Gasteiger partial charge < -0.3 is 9.32 Å². The van der Waals surface area contributed by atoms with Crippen LogP contribution in [0.5, 0.6) is 0 Å². The molecule has 150 valence electrons. The smallest absolute Gasteiger partial charge is 0.294 e. The van der Waals surface area contributed by atoms with Crippen molar-refractivity contribution < 1.29 is 18.8 Å². The normalized spacial score (nSPS) is 18.4. The number of nitrogens with zero attached hydrogens (tertiary/aromatic N) is 2. The average Bonchev–Trinajstić information content (AvgIpc) is 3.47. The first kappa shape index (κ1) is 19.7. The summed E-state index contributed by atoms with van der Waals surface area (Å²) in [6.45, 7) is 0.0173. The maximum Gasteiger partial charge on any atom is 0.294 e. The first-order chi connectivity index (χ1) is 14.1. The van der Waals surface area contributed by atoms with Crippen LogP contribution in [-0.2, 0) is 16.1 Å². The fraction of sp³-hybridized carbons (Fsp3) is 0.286. The van der Waals surface area contributed by atoms with Gasteiger partial charge in [-0.1, -0.05) is 12.1 Å². The summed E-state index contributed by atoms with van der Waals surface area (Å²) in [5, 5.41) is 1.49. The molecular formula is C21H20N2O4S2. The second-order valence-electron chi connectivity index (χ2n) is 6.78. The molecule has 0 unspecified atom stereocenters. The highest BCUT2D eigenvalue weighted by atomic mass is 32.2. The van der Waals surface area contributed by atoms with Crippen molar-refractivity contribution in [3.63, 3.8) is 0 Å². The molecule has 1 fully saturated rings. The summed E-state index contributed by atoms with van der Waals surface area (Å²) in [5.41, 5.74) is 0.929. The van der Waals surface area contributed by atoms with E-state index in [0.717, 1.165) is 52.9 Å². The molecule has 1 saturated heterocycles. The fourth-order valence-corrected chi connectivity index (χ4v) is 4.90. The molecule has 0 aromatic carbocycles. The molecular weight excluding hydrogens is 408 g/mol. The van der Waals surface area contributed by atoms with Gasteiger partial charge in [0, 0.05) is 10.6 Å². The average molecular weight is 429 g/mol. The summed E-state index contributed by atoms with van der Waals surface area (Å²) >= 11 is 2.37. The third-order valence-electron chi connectivity index (χ3n) is 4.79. The van der Waals surface area contributed by atoms with Gasteiger partial charge in [-0.3, -0.25) is 19.3 Å². The highest BCUT2D eigenvalue weighted by molar-refractivity contribution is 8.18. The number of imide groups is 1. The zero-order valence-corrected chi connectivity index (χ0v) is 17.3. The topological polar surface area (TPSA) is 70.8 Å². The Balaban J connectivity index is 1.51. The van der Waals surface area contributed by atoms with E-state index in [1.54, 1.807) is 23.3 Å². The van der Waals surface area contributed by atoms with Gasteiger partial charge in [0.25, 0.3) is 11.1 Å². The van der Waals surface area contributed by atoms with Crippen LogP contribution in [0, 0.1) is 0 Å². The van der Waals surface area contributed by atoms with Crippen molar-refractivity contribution in [3.8, 4) is 0 Å². The Bertz CT molecular complexity index is 961. The number of thiophene rings is 1. The third kappa shape index (κ3) is 4.54. The number of hydrogen-bond donors (Lipinski definition) is 0. The SMILES string of the molecule is O=C(CN1C(=O)S/C(=C\c2cccs2)C1=O)N(Cc1ccco1)C1=CCCCC1. The molecule has 3 amide bonds. The summed E-state index contributed by atoms with van der Waals surface area (Å²) in [5.74, 6) is -0.0388. The summed E-state index contributed by atoms with van der Waals surface area (Å²) in [6, 6.07) is 7.35. The van der Waals surface area contributed by atoms with Crippen molar-refractivity contribution in [3.05, 3.63) is 63.2 Å². The van der Waals surface area contributed by atoms with Crippen LogP contribution in [0.4, 0.5) is 4.79 Å². The first-order valence-electron chi connectivity index (χ1n) is 9.42. The van der Waals surface area contributed by atoms with Crippen molar-refractivity contribution in [2.75, 3.05) is 6.54 Å². The Labute approximate surface area is 176 Å². The second kappa shape index (κ2) is 8.84. The van der Waals surface area contributed by atoms with E-state index in [0.29, 0.717) is 17.2 Å². The molecule has 0 N–H and O–H groups in total. The van der Waals surface area contributed by atoms with Gasteiger partial charge in [0.15, 0.2) is 0 Å². The lowest BCUT2D eigenvalue weighted by Gasteiger charge is -2.28. The van der Waals surface area contributed by atoms with E-state index >= 15 is 0 Å². The predicted molar refractivity (Wildman–Crippen MR) is 113 cm³/mol. The van der Waals surface area contributed by atoms with Gasteiger partial charge in [0.2, 0.25) is 5.91 Å². The van der Waals surface area contributed by atoms with Gasteiger partial charge >= 0.3 is 0 Å². The van der Waals surface area contributed by atoms with E-state index in [1.807, 2.05) is 23.6 Å². The zero-order valence-electron chi connectivity index (χ0n) is 15.7. The standard InChI is InChI=1S/C21H20N2O4S2/c24-19(22(13-16-8-4-10-27-16)15-6-2-1-3-7-15)14-23-20(25)18(29-21(23)26)12-17-9-5-11-28-17/h4-6,8-12H,1-3,7,13-14H2/b18-12-. The summed E-state index contributed by atoms with van der Waals surface area (Å²) in [7, 11) is 0. The first-order valence-corrected chi connectivity index (χ1v) is 11.1. The molecule has 0 radical (unpaired) electrons. The molecule has 3 heterocycles. The minimum atomic E-state index is -0.419. The molecule has 8 heteroatoms. The maximum absolute atomic E-state index is 13.1. The molecule has 0 spiro atoms. The van der Waals surface area contributed by atoms with Crippen LogP contribution in [0.1, 0.15) is 36.3 Å². The second-order valence-corrected chi connectivity index (χ2v) is 8.76. The Morgan fingerprint density at radius 2 is 2.14 bits per heavy atom. The monoisotopic (exact) mass is 428 g/mol. The van der Waals surface area contributed by atoms with Gasteiger partial charge in [-0.05, 0) is 67.1 Å². The minimum absolute atomic E-state index is 0.273. The molecule has 0 atom stereocenters. The van der Waals surface area contributed by atoms with Crippen LogP contribution in [-0.4, -0.2) is 33.4 Å². The van der Waals surface area contributed by atoms with E-state index in [1.165, 1.54) is 11.3 Å². The Morgan fingerprint density at radius 1 is 1.24 bits per heavy atom. The Morgan fingerprint density at radius 3 is 2.83 bits per heavy atom. The Hall–Kier alpha value is -2.58. The predicted octanol–water partition coefficient (Wildman–Crippen LogP) is 4.86. The molecule has 2 aromatic rings. The lowest BCUT2D eigenvalue weighted by molar-refractivity contribution is -0.135. The van der Waals surface area contributed by atoms with Crippen molar-refractivity contribution >= 4 is 46.2 Å². The van der Waals surface area contributed by atoms with Crippen LogP contribution in [0.2, 0.25) is 0 Å². The number of carbonyl (C=O) groups is 3. The molecule has 2 aliphatic rings. The molecule has 29 heavy (non-hydrogen) atoms. The van der Waals surface area contributed by atoms with E-state index in [4.69, 9.17) is 4.42 Å². The number of carbonyl (C=O) groups excluding carboxylic acids is 3. The van der Waals surface area contributed by atoms with Crippen LogP contribution in [0.3, 0.4) is 0 Å². The highest BCUT2D eigenvalue weighted by Gasteiger charge is 2.37. The molecule has 0 bridgehead atoms. The lowest BCUT2D eigenvalue weighted by Crippen LogP contribution is -2.41. The molecule has 0 saturated carbocycles. The highest BCUT2D eigenvalue weighted by Crippen LogP contribution is 2.33. The van der Waals surface area contributed by atoms with Crippen LogP contribution < -0.4 is 0 Å². The molecule has 6 nitrogen and oxygen atoms in total. The van der Waals surface area contributed by atoms with E-state index in [-0.39, 0.29) is 12.5 Å². The van der Waals surface area contributed by atoms with Gasteiger partial charge in [0.1, 0.15) is 12.3 Å². The summed E-state index contributed by atoms with van der Waals surface area (Å²) < 4.78 is 5.41. The van der Waals surface area contributed by atoms with E-state index in [2.05, 4.69) is 6.08 Å². The van der Waals surface area contributed by atoms with Gasteiger partial charge in [-0.2, -0.15) is 0 Å². The molecule has 4 rings (SSSR count). The minimum Gasteiger partial charge on any atom is -0.467 e. The number of furan rings is 1. The Kier molecular flexibility index (Phi) is 6.01. The van der Waals surface area contributed by atoms with Crippen LogP contribution >= 0.6 is 23.1 Å². The summed E-state index contributed by atoms with van der Waals surface area (Å²) in [4.78, 5) is 42.1. The van der Waals surface area contributed by atoms with Crippen molar-refractivity contribution in [1.29, 1.82) is 0 Å². The number of rotatable bonds is 6. The molecule has 1 aliphatic heterocycles. The quantitative estimate of drug-likeness (QED) is 0.614. The fourth-order valence-electron chi connectivity index (χ4n) is 3.33. The largest absolute Gasteiger partial charge is 0.467 e. The molecule has 1 aliphatic carbocycles. The summed E-state index contributed by atoms with van der Waals surface area (Å²) in [6.07, 6.45) is 9.16. The van der Waals surface area contributed by atoms with Gasteiger partial charge in [-0.15, -0.1) is 11.3 Å². The van der Waals surface area contributed by atoms with Crippen molar-refractivity contribution in [1.82, 2.24) is 9.80 Å². The number of hydrogen-bond acceptors (Lipinski definition) is 6. The maximum atomic E-state index is 13.1. The third-order valence-corrected chi connectivity index (χ3v) is 6.52. The zero-order chi connectivity index (χ0) is 20.2.